The fourth-order valence-electron chi connectivity index (χ4n) is 2.98. The van der Waals surface area contributed by atoms with Gasteiger partial charge in [0, 0.05) is 18.4 Å². The molecular weight excluding hydrogens is 432 g/mol. The summed E-state index contributed by atoms with van der Waals surface area (Å²) in [6.07, 6.45) is 0.800. The maximum absolute atomic E-state index is 12.8. The molecule has 154 valence electrons. The van der Waals surface area contributed by atoms with Crippen molar-refractivity contribution in [2.45, 2.75) is 30.7 Å². The van der Waals surface area contributed by atoms with Gasteiger partial charge in [0.1, 0.15) is 0 Å². The first-order valence-corrected chi connectivity index (χ1v) is 11.6. The van der Waals surface area contributed by atoms with Crippen LogP contribution in [0.1, 0.15) is 25.8 Å². The molecule has 0 aromatic heterocycles. The summed E-state index contributed by atoms with van der Waals surface area (Å²) in [7, 11) is -3.87. The molecule has 3 rings (SSSR count). The molecule has 10 heteroatoms. The molecule has 2 aromatic carbocycles. The van der Waals surface area contributed by atoms with E-state index in [2.05, 4.69) is 15.0 Å². The van der Waals surface area contributed by atoms with Crippen molar-refractivity contribution in [2.75, 3.05) is 15.8 Å². The first-order chi connectivity index (χ1) is 13.6. The van der Waals surface area contributed by atoms with E-state index in [-0.39, 0.29) is 15.8 Å². The number of nitrogens with one attached hydrogen (secondary N) is 2. The van der Waals surface area contributed by atoms with Crippen LogP contribution in [-0.4, -0.2) is 25.2 Å². The lowest BCUT2D eigenvalue weighted by molar-refractivity contribution is -0.114. The molecule has 1 aliphatic heterocycles. The summed E-state index contributed by atoms with van der Waals surface area (Å²) in [4.78, 5) is 15.7. The summed E-state index contributed by atoms with van der Waals surface area (Å²) in [5.41, 5.74) is 7.02. The van der Waals surface area contributed by atoms with E-state index < -0.39 is 15.6 Å². The zero-order valence-electron chi connectivity index (χ0n) is 15.9. The Hall–Kier alpha value is -2.23. The Bertz CT molecular complexity index is 1090. The van der Waals surface area contributed by atoms with Gasteiger partial charge in [-0.3, -0.25) is 14.5 Å². The van der Waals surface area contributed by atoms with Crippen LogP contribution < -0.4 is 15.8 Å². The second-order valence-electron chi connectivity index (χ2n) is 6.83. The normalized spacial score (nSPS) is 19.3. The fourth-order valence-corrected chi connectivity index (χ4v) is 5.32. The Morgan fingerprint density at radius 3 is 2.69 bits per heavy atom. The van der Waals surface area contributed by atoms with Crippen molar-refractivity contribution in [2.24, 2.45) is 10.7 Å². The van der Waals surface area contributed by atoms with Crippen LogP contribution in [-0.2, 0) is 20.4 Å². The van der Waals surface area contributed by atoms with Gasteiger partial charge in [-0.05, 0) is 49.2 Å². The Morgan fingerprint density at radius 2 is 2.03 bits per heavy atom. The highest BCUT2D eigenvalue weighted by molar-refractivity contribution is 8.13. The zero-order valence-corrected chi connectivity index (χ0v) is 18.3. The lowest BCUT2D eigenvalue weighted by Gasteiger charge is -2.30. The molecule has 29 heavy (non-hydrogen) atoms. The second-order valence-corrected chi connectivity index (χ2v) is 10.0. The van der Waals surface area contributed by atoms with Gasteiger partial charge in [0.05, 0.1) is 21.1 Å². The zero-order chi connectivity index (χ0) is 21.2. The molecule has 1 aliphatic rings. The van der Waals surface area contributed by atoms with E-state index in [1.807, 2.05) is 13.0 Å². The number of thioether (sulfide) groups is 1. The van der Waals surface area contributed by atoms with E-state index in [0.717, 1.165) is 17.7 Å². The van der Waals surface area contributed by atoms with Gasteiger partial charge in [-0.15, -0.1) is 0 Å². The maximum Gasteiger partial charge on any atom is 0.261 e. The molecule has 0 radical (unpaired) electrons. The molecule has 0 spiro atoms. The number of nitrogens with two attached hydrogens (primary N) is 1. The molecule has 1 atom stereocenters. The summed E-state index contributed by atoms with van der Waals surface area (Å²) < 4.78 is 28.2. The first kappa shape index (κ1) is 21.5. The van der Waals surface area contributed by atoms with Crippen molar-refractivity contribution in [3.8, 4) is 0 Å². The highest BCUT2D eigenvalue weighted by Crippen LogP contribution is 2.36. The van der Waals surface area contributed by atoms with Crippen LogP contribution in [0.2, 0.25) is 5.02 Å². The summed E-state index contributed by atoms with van der Waals surface area (Å²) in [5.74, 6) is 0.552. The van der Waals surface area contributed by atoms with Gasteiger partial charge in [-0.1, -0.05) is 35.5 Å². The number of benzene rings is 2. The Labute approximate surface area is 179 Å². The van der Waals surface area contributed by atoms with Crippen LogP contribution in [0, 0.1) is 0 Å². The van der Waals surface area contributed by atoms with Gasteiger partial charge in [0.25, 0.3) is 10.0 Å². The van der Waals surface area contributed by atoms with E-state index in [4.69, 9.17) is 17.3 Å². The van der Waals surface area contributed by atoms with Gasteiger partial charge < -0.3 is 11.1 Å². The molecule has 1 heterocycles. The third-order valence-electron chi connectivity index (χ3n) is 4.49. The van der Waals surface area contributed by atoms with Gasteiger partial charge >= 0.3 is 0 Å². The van der Waals surface area contributed by atoms with Crippen LogP contribution in [0.4, 0.5) is 11.4 Å². The Morgan fingerprint density at radius 1 is 1.28 bits per heavy atom. The number of nitrogens with zero attached hydrogens (tertiary/aromatic N) is 1. The van der Waals surface area contributed by atoms with Crippen LogP contribution in [0.5, 0.6) is 0 Å². The monoisotopic (exact) mass is 452 g/mol. The molecule has 0 saturated carbocycles. The minimum Gasteiger partial charge on any atom is -0.379 e. The van der Waals surface area contributed by atoms with E-state index in [1.54, 1.807) is 18.2 Å². The number of amidine groups is 1. The van der Waals surface area contributed by atoms with E-state index in [1.165, 1.54) is 36.9 Å². The molecule has 7 nitrogen and oxygen atoms in total. The van der Waals surface area contributed by atoms with Crippen molar-refractivity contribution in [1.82, 2.24) is 0 Å². The third kappa shape index (κ3) is 5.04. The number of aliphatic imine (C=N–C) groups is 1. The maximum atomic E-state index is 12.8. The predicted molar refractivity (Wildman–Crippen MR) is 119 cm³/mol. The fraction of sp³-hybridized carbons (Fsp3) is 0.263. The van der Waals surface area contributed by atoms with Crippen molar-refractivity contribution in [3.05, 3.63) is 53.1 Å². The van der Waals surface area contributed by atoms with Crippen molar-refractivity contribution < 1.29 is 13.2 Å². The van der Waals surface area contributed by atoms with Crippen LogP contribution in [0.3, 0.4) is 0 Å². The number of anilines is 2. The number of carbonyl (C=O) groups excluding carboxylic acids is 1. The third-order valence-corrected chi connectivity index (χ3v) is 6.98. The van der Waals surface area contributed by atoms with Gasteiger partial charge in [0.2, 0.25) is 5.91 Å². The van der Waals surface area contributed by atoms with Gasteiger partial charge in [-0.25, -0.2) is 8.42 Å². The average Bonchev–Trinajstić information content (AvgIpc) is 2.62. The summed E-state index contributed by atoms with van der Waals surface area (Å²) in [6, 6.07) is 11.2. The molecular formula is C19H21ClN4O3S2. The van der Waals surface area contributed by atoms with Gasteiger partial charge in [-0.2, -0.15) is 0 Å². The molecule has 0 saturated heterocycles. The van der Waals surface area contributed by atoms with Crippen LogP contribution in [0.25, 0.3) is 0 Å². The topological polar surface area (TPSA) is 114 Å². The minimum absolute atomic E-state index is 0.00968. The van der Waals surface area contributed by atoms with E-state index in [9.17, 15) is 13.2 Å². The van der Waals surface area contributed by atoms with Gasteiger partial charge in [0.15, 0.2) is 5.17 Å². The quantitative estimate of drug-likeness (QED) is 0.639. The Kier molecular flexibility index (Phi) is 6.11. The largest absolute Gasteiger partial charge is 0.379 e. The molecule has 0 aliphatic carbocycles. The summed E-state index contributed by atoms with van der Waals surface area (Å²) >= 11 is 7.62. The lowest BCUT2D eigenvalue weighted by atomic mass is 9.89. The molecule has 1 unspecified atom stereocenters. The highest BCUT2D eigenvalue weighted by atomic mass is 35.5. The Balaban J connectivity index is 1.87. The number of amides is 1. The number of sulfonamides is 1. The van der Waals surface area contributed by atoms with Crippen molar-refractivity contribution in [3.63, 3.8) is 0 Å². The summed E-state index contributed by atoms with van der Waals surface area (Å²) in [6.45, 7) is 3.33. The van der Waals surface area contributed by atoms with Crippen LogP contribution in [0.15, 0.2) is 52.4 Å². The molecule has 1 amide bonds. The van der Waals surface area contributed by atoms with E-state index in [0.29, 0.717) is 16.5 Å². The average molecular weight is 453 g/mol. The number of hydrogen-bond donors (Lipinski definition) is 3. The number of halogens is 1. The van der Waals surface area contributed by atoms with E-state index >= 15 is 0 Å². The van der Waals surface area contributed by atoms with Crippen LogP contribution >= 0.6 is 23.4 Å². The summed E-state index contributed by atoms with van der Waals surface area (Å²) in [5, 5.41) is 3.20. The second kappa shape index (κ2) is 8.25. The lowest BCUT2D eigenvalue weighted by Crippen LogP contribution is -2.28. The number of carbonyl (C=O) groups is 1. The predicted octanol–water partition coefficient (Wildman–Crippen LogP) is 3.77. The molecule has 0 bridgehead atoms. The molecule has 4 N–H and O–H groups in total. The minimum atomic E-state index is -3.87. The van der Waals surface area contributed by atoms with Crippen molar-refractivity contribution >= 4 is 55.8 Å². The molecule has 0 fully saturated rings. The SMILES string of the molecule is CC(=O)Nc1ccc(S(=O)(=O)Nc2cccc(C3(C)CCSC(N)=N3)c2)cc1Cl. The van der Waals surface area contributed by atoms with Crippen molar-refractivity contribution in [1.29, 1.82) is 0 Å². The number of hydrogen-bond acceptors (Lipinski definition) is 6. The smallest absolute Gasteiger partial charge is 0.261 e. The number of rotatable bonds is 5. The highest BCUT2D eigenvalue weighted by Gasteiger charge is 2.29. The standard InChI is InChI=1S/C19H21ClN4O3S2/c1-12(25)22-17-7-6-15(11-16(17)20)29(26,27)24-14-5-3-4-13(10-14)19(2)8-9-28-18(21)23-19/h3-7,10-11,24H,8-9H2,1-2H3,(H2,21,23)(H,22,25). The first-order valence-electron chi connectivity index (χ1n) is 8.78. The molecule has 2 aromatic rings.